The zero-order chi connectivity index (χ0) is 19.8. The first-order valence-corrected chi connectivity index (χ1v) is 8.18. The molecule has 2 aromatic rings. The van der Waals surface area contributed by atoms with Crippen LogP contribution in [0, 0.1) is 5.82 Å². The van der Waals surface area contributed by atoms with Gasteiger partial charge in [0.25, 0.3) is 5.91 Å². The molecule has 0 aliphatic heterocycles. The van der Waals surface area contributed by atoms with Crippen LogP contribution in [0.25, 0.3) is 0 Å². The fraction of sp³-hybridized carbons (Fsp3) is 0.200. The number of ether oxygens (including phenoxy) is 2. The quantitative estimate of drug-likeness (QED) is 0.579. The number of hydrogen-bond donors (Lipinski definition) is 2. The standard InChI is InChI=1S/C20H21FN2O4/c1-4-5-14-11-15(12-17(26-2)19(14)27-3)20(25)23-22-18(24)10-13-6-8-16(21)9-7-13/h4,6-9,11-12H,1,5,10H2,2-3H3,(H,22,24)(H,23,25). The van der Waals surface area contributed by atoms with E-state index in [0.717, 1.165) is 5.56 Å². The van der Waals surface area contributed by atoms with Crippen LogP contribution in [0.2, 0.25) is 0 Å². The van der Waals surface area contributed by atoms with Gasteiger partial charge in [0.15, 0.2) is 11.5 Å². The van der Waals surface area contributed by atoms with E-state index >= 15 is 0 Å². The summed E-state index contributed by atoms with van der Waals surface area (Å²) in [5.74, 6) is -0.388. The van der Waals surface area contributed by atoms with Gasteiger partial charge in [-0.3, -0.25) is 20.4 Å². The second-order valence-corrected chi connectivity index (χ2v) is 5.67. The van der Waals surface area contributed by atoms with Crippen LogP contribution in [0.5, 0.6) is 11.5 Å². The van der Waals surface area contributed by atoms with Crippen LogP contribution in [0.15, 0.2) is 49.1 Å². The third kappa shape index (κ3) is 5.31. The fourth-order valence-corrected chi connectivity index (χ4v) is 2.51. The molecule has 2 aromatic carbocycles. The number of rotatable bonds is 7. The first kappa shape index (κ1) is 20.0. The number of allylic oxidation sites excluding steroid dienone is 1. The van der Waals surface area contributed by atoms with E-state index in [1.165, 1.54) is 44.6 Å². The zero-order valence-corrected chi connectivity index (χ0v) is 15.2. The molecule has 6 nitrogen and oxygen atoms in total. The maximum Gasteiger partial charge on any atom is 0.269 e. The Kier molecular flexibility index (Phi) is 6.93. The highest BCUT2D eigenvalue weighted by molar-refractivity contribution is 5.96. The first-order valence-electron chi connectivity index (χ1n) is 8.18. The lowest BCUT2D eigenvalue weighted by atomic mass is 10.1. The molecule has 0 unspecified atom stereocenters. The van der Waals surface area contributed by atoms with Crippen LogP contribution < -0.4 is 20.3 Å². The maximum absolute atomic E-state index is 12.9. The topological polar surface area (TPSA) is 76.7 Å². The molecule has 0 aromatic heterocycles. The summed E-state index contributed by atoms with van der Waals surface area (Å²) in [5, 5.41) is 0. The Morgan fingerprint density at radius 2 is 1.81 bits per heavy atom. The van der Waals surface area contributed by atoms with Crippen molar-refractivity contribution in [1.29, 1.82) is 0 Å². The molecule has 2 rings (SSSR count). The van der Waals surface area contributed by atoms with Crippen LogP contribution in [0.4, 0.5) is 4.39 Å². The molecular formula is C20H21FN2O4. The van der Waals surface area contributed by atoms with E-state index < -0.39 is 11.8 Å². The summed E-state index contributed by atoms with van der Waals surface area (Å²) in [5.41, 5.74) is 6.35. The SMILES string of the molecule is C=CCc1cc(C(=O)NNC(=O)Cc2ccc(F)cc2)cc(OC)c1OC. The van der Waals surface area contributed by atoms with Gasteiger partial charge in [-0.1, -0.05) is 18.2 Å². The fourth-order valence-electron chi connectivity index (χ4n) is 2.51. The highest BCUT2D eigenvalue weighted by atomic mass is 19.1. The van der Waals surface area contributed by atoms with E-state index in [-0.39, 0.29) is 12.2 Å². The van der Waals surface area contributed by atoms with Gasteiger partial charge < -0.3 is 9.47 Å². The van der Waals surface area contributed by atoms with Crippen LogP contribution in [-0.2, 0) is 17.6 Å². The minimum absolute atomic E-state index is 0.00814. The Morgan fingerprint density at radius 3 is 2.41 bits per heavy atom. The molecule has 0 radical (unpaired) electrons. The van der Waals surface area contributed by atoms with Gasteiger partial charge in [0.1, 0.15) is 5.82 Å². The number of amides is 2. The molecule has 7 heteroatoms. The summed E-state index contributed by atoms with van der Waals surface area (Å²) < 4.78 is 23.5. The molecule has 2 amide bonds. The van der Waals surface area contributed by atoms with Crippen molar-refractivity contribution in [3.63, 3.8) is 0 Å². The lowest BCUT2D eigenvalue weighted by molar-refractivity contribution is -0.121. The van der Waals surface area contributed by atoms with Crippen molar-refractivity contribution >= 4 is 11.8 Å². The molecule has 27 heavy (non-hydrogen) atoms. The van der Waals surface area contributed by atoms with Crippen molar-refractivity contribution in [2.24, 2.45) is 0 Å². The van der Waals surface area contributed by atoms with Crippen molar-refractivity contribution in [2.45, 2.75) is 12.8 Å². The summed E-state index contributed by atoms with van der Waals surface area (Å²) >= 11 is 0. The predicted molar refractivity (Wildman–Crippen MR) is 99.2 cm³/mol. The van der Waals surface area contributed by atoms with Gasteiger partial charge >= 0.3 is 0 Å². The summed E-state index contributed by atoms with van der Waals surface area (Å²) in [6, 6.07) is 8.72. The van der Waals surface area contributed by atoms with Gasteiger partial charge in [-0.2, -0.15) is 0 Å². The Labute approximate surface area is 157 Å². The van der Waals surface area contributed by atoms with E-state index in [1.807, 2.05) is 0 Å². The average Bonchev–Trinajstić information content (AvgIpc) is 2.67. The number of methoxy groups -OCH3 is 2. The number of carbonyl (C=O) groups is 2. The Morgan fingerprint density at radius 1 is 1.11 bits per heavy atom. The minimum atomic E-state index is -0.506. The van der Waals surface area contributed by atoms with Crippen molar-refractivity contribution in [3.8, 4) is 11.5 Å². The molecule has 0 spiro atoms. The highest BCUT2D eigenvalue weighted by Gasteiger charge is 2.16. The number of hydrazine groups is 1. The van der Waals surface area contributed by atoms with E-state index in [2.05, 4.69) is 17.4 Å². The number of carbonyl (C=O) groups excluding carboxylic acids is 2. The number of hydrogen-bond acceptors (Lipinski definition) is 4. The molecule has 0 bridgehead atoms. The van der Waals surface area contributed by atoms with Gasteiger partial charge in [0, 0.05) is 11.1 Å². The van der Waals surface area contributed by atoms with E-state index in [4.69, 9.17) is 9.47 Å². The summed E-state index contributed by atoms with van der Waals surface area (Å²) in [6.07, 6.45) is 2.18. The van der Waals surface area contributed by atoms with Crippen LogP contribution in [0.3, 0.4) is 0 Å². The molecule has 0 aliphatic carbocycles. The van der Waals surface area contributed by atoms with Crippen molar-refractivity contribution in [1.82, 2.24) is 10.9 Å². The average molecular weight is 372 g/mol. The van der Waals surface area contributed by atoms with Gasteiger partial charge in [-0.15, -0.1) is 6.58 Å². The Bertz CT molecular complexity index is 835. The van der Waals surface area contributed by atoms with Gasteiger partial charge in [0.05, 0.1) is 20.6 Å². The lowest BCUT2D eigenvalue weighted by Gasteiger charge is -2.14. The molecule has 0 atom stereocenters. The predicted octanol–water partition coefficient (Wildman–Crippen LogP) is 2.58. The van der Waals surface area contributed by atoms with E-state index in [9.17, 15) is 14.0 Å². The normalized spacial score (nSPS) is 10.0. The Balaban J connectivity index is 2.06. The van der Waals surface area contributed by atoms with Crippen LogP contribution in [0.1, 0.15) is 21.5 Å². The third-order valence-electron chi connectivity index (χ3n) is 3.78. The van der Waals surface area contributed by atoms with Gasteiger partial charge in [0.2, 0.25) is 5.91 Å². The smallest absolute Gasteiger partial charge is 0.269 e. The first-order chi connectivity index (χ1) is 13.0. The molecular weight excluding hydrogens is 351 g/mol. The Hall–Kier alpha value is -3.35. The second-order valence-electron chi connectivity index (χ2n) is 5.67. The number of nitrogens with one attached hydrogen (secondary N) is 2. The van der Waals surface area contributed by atoms with Gasteiger partial charge in [-0.05, 0) is 36.2 Å². The second kappa shape index (κ2) is 9.38. The van der Waals surface area contributed by atoms with Crippen LogP contribution in [-0.4, -0.2) is 26.0 Å². The van der Waals surface area contributed by atoms with E-state index in [1.54, 1.807) is 12.1 Å². The van der Waals surface area contributed by atoms with Crippen molar-refractivity contribution in [3.05, 3.63) is 71.6 Å². The minimum Gasteiger partial charge on any atom is -0.493 e. The van der Waals surface area contributed by atoms with Crippen molar-refractivity contribution in [2.75, 3.05) is 14.2 Å². The molecule has 0 aliphatic rings. The molecule has 142 valence electrons. The molecule has 0 heterocycles. The largest absolute Gasteiger partial charge is 0.493 e. The van der Waals surface area contributed by atoms with Crippen LogP contribution >= 0.6 is 0 Å². The summed E-state index contributed by atoms with van der Waals surface area (Å²) in [4.78, 5) is 24.3. The highest BCUT2D eigenvalue weighted by Crippen LogP contribution is 2.33. The molecule has 2 N–H and O–H groups in total. The monoisotopic (exact) mass is 372 g/mol. The van der Waals surface area contributed by atoms with Gasteiger partial charge in [-0.25, -0.2) is 4.39 Å². The molecule has 0 saturated carbocycles. The third-order valence-corrected chi connectivity index (χ3v) is 3.78. The maximum atomic E-state index is 12.9. The summed E-state index contributed by atoms with van der Waals surface area (Å²) in [7, 11) is 2.99. The zero-order valence-electron chi connectivity index (χ0n) is 15.2. The number of halogens is 1. The van der Waals surface area contributed by atoms with Crippen molar-refractivity contribution < 1.29 is 23.5 Å². The lowest BCUT2D eigenvalue weighted by Crippen LogP contribution is -2.42. The molecule has 0 fully saturated rings. The number of benzene rings is 2. The molecule has 0 saturated heterocycles. The van der Waals surface area contributed by atoms with E-state index in [0.29, 0.717) is 29.0 Å². The summed E-state index contributed by atoms with van der Waals surface area (Å²) in [6.45, 7) is 3.69.